The second-order valence-corrected chi connectivity index (χ2v) is 6.97. The average molecular weight is 306 g/mol. The van der Waals surface area contributed by atoms with Crippen molar-refractivity contribution in [2.24, 2.45) is 5.92 Å². The van der Waals surface area contributed by atoms with Crippen molar-refractivity contribution in [1.82, 2.24) is 10.2 Å². The number of likely N-dealkylation sites (N-methyl/N-ethyl adjacent to an activating group) is 1. The highest BCUT2D eigenvalue weighted by Crippen LogP contribution is 2.50. The van der Waals surface area contributed by atoms with Crippen LogP contribution in [0.3, 0.4) is 0 Å². The van der Waals surface area contributed by atoms with E-state index in [-0.39, 0.29) is 36.0 Å². The Morgan fingerprint density at radius 2 is 2.19 bits per heavy atom. The lowest BCUT2D eigenvalue weighted by atomic mass is 10.1. The number of nitrogens with one attached hydrogen (secondary N) is 1. The highest BCUT2D eigenvalue weighted by Gasteiger charge is 2.49. The molecular weight excluding hydrogens is 288 g/mol. The fourth-order valence-corrected chi connectivity index (χ4v) is 4.03. The molecule has 0 radical (unpaired) electrons. The van der Waals surface area contributed by atoms with E-state index in [0.29, 0.717) is 6.54 Å². The first-order chi connectivity index (χ1) is 10.0. The van der Waals surface area contributed by atoms with E-state index < -0.39 is 6.04 Å². The number of hydrogen-bond acceptors (Lipinski definition) is 4. The summed E-state index contributed by atoms with van der Waals surface area (Å²) in [6, 6.07) is 3.53. The van der Waals surface area contributed by atoms with Crippen LogP contribution >= 0.6 is 11.3 Å². The van der Waals surface area contributed by atoms with Crippen LogP contribution < -0.4 is 5.32 Å². The molecule has 0 bridgehead atoms. The molecule has 0 aromatic carbocycles. The number of aryl methyl sites for hydroxylation is 1. The van der Waals surface area contributed by atoms with Gasteiger partial charge in [0.1, 0.15) is 6.04 Å². The molecule has 1 saturated carbocycles. The number of carbonyl (C=O) groups is 3. The Morgan fingerprint density at radius 1 is 1.43 bits per heavy atom. The Bertz CT molecular complexity index is 610. The first-order valence-electron chi connectivity index (χ1n) is 7.21. The summed E-state index contributed by atoms with van der Waals surface area (Å²) in [5, 5.41) is 2.27. The Morgan fingerprint density at radius 3 is 2.71 bits per heavy atom. The molecule has 3 amide bonds. The normalized spacial score (nSPS) is 27.6. The van der Waals surface area contributed by atoms with E-state index >= 15 is 0 Å². The van der Waals surface area contributed by atoms with Gasteiger partial charge in [-0.1, -0.05) is 0 Å². The fraction of sp³-hybridized carbons (Fsp3) is 0.533. The Balaban J connectivity index is 1.70. The summed E-state index contributed by atoms with van der Waals surface area (Å²) in [5.41, 5.74) is 0. The number of imide groups is 1. The number of thiophene rings is 1. The maximum atomic E-state index is 12.6. The zero-order chi connectivity index (χ0) is 15.1. The number of carbonyl (C=O) groups excluding carboxylic acids is 3. The molecule has 6 heteroatoms. The second kappa shape index (κ2) is 5.26. The maximum Gasteiger partial charge on any atom is 0.249 e. The summed E-state index contributed by atoms with van der Waals surface area (Å²) < 4.78 is 0. The summed E-state index contributed by atoms with van der Waals surface area (Å²) in [5.74, 6) is -0.392. The summed E-state index contributed by atoms with van der Waals surface area (Å²) in [4.78, 5) is 39.7. The summed E-state index contributed by atoms with van der Waals surface area (Å²) in [7, 11) is 0. The lowest BCUT2D eigenvalue weighted by molar-refractivity contribution is -0.139. The topological polar surface area (TPSA) is 66.5 Å². The van der Waals surface area contributed by atoms with Crippen LogP contribution in [0, 0.1) is 12.8 Å². The maximum absolute atomic E-state index is 12.6. The van der Waals surface area contributed by atoms with E-state index in [1.54, 1.807) is 16.2 Å². The molecule has 0 unspecified atom stereocenters. The molecule has 2 aliphatic rings. The van der Waals surface area contributed by atoms with Gasteiger partial charge in [-0.3, -0.25) is 19.7 Å². The van der Waals surface area contributed by atoms with Gasteiger partial charge in [-0.05, 0) is 32.4 Å². The minimum Gasteiger partial charge on any atom is -0.330 e. The van der Waals surface area contributed by atoms with Crippen molar-refractivity contribution >= 4 is 29.1 Å². The standard InChI is InChI=1S/C15H18N2O3S/c1-3-17(11-7-13(18)16-14(11)19)15(20)10-6-9(10)12-5-4-8(2)21-12/h4-5,9-11H,3,6-7H2,1-2H3,(H,16,18,19)/t9-,10-,11+/m0/s1. The van der Waals surface area contributed by atoms with Gasteiger partial charge in [0.15, 0.2) is 0 Å². The van der Waals surface area contributed by atoms with Gasteiger partial charge in [-0.15, -0.1) is 11.3 Å². The number of hydrogen-bond donors (Lipinski definition) is 1. The average Bonchev–Trinajstić information content (AvgIpc) is 3.02. The number of rotatable bonds is 4. The first kappa shape index (κ1) is 14.3. The minimum absolute atomic E-state index is 0.00315. The van der Waals surface area contributed by atoms with Gasteiger partial charge < -0.3 is 4.90 Å². The SMILES string of the molecule is CCN(C(=O)[C@H]1C[C@@H]1c1ccc(C)s1)[C@@H]1CC(=O)NC1=O. The molecule has 1 aromatic heterocycles. The molecule has 21 heavy (non-hydrogen) atoms. The van der Waals surface area contributed by atoms with Crippen LogP contribution in [0.4, 0.5) is 0 Å². The number of nitrogens with zero attached hydrogens (tertiary/aromatic N) is 1. The molecule has 3 atom stereocenters. The van der Waals surface area contributed by atoms with Gasteiger partial charge in [0.05, 0.1) is 6.42 Å². The fourth-order valence-electron chi connectivity index (χ4n) is 2.97. The molecule has 1 saturated heterocycles. The van der Waals surface area contributed by atoms with Crippen LogP contribution in [-0.2, 0) is 14.4 Å². The van der Waals surface area contributed by atoms with E-state index in [2.05, 4.69) is 24.4 Å². The predicted molar refractivity (Wildman–Crippen MR) is 78.8 cm³/mol. The van der Waals surface area contributed by atoms with E-state index in [4.69, 9.17) is 0 Å². The van der Waals surface area contributed by atoms with E-state index in [1.807, 2.05) is 6.92 Å². The van der Waals surface area contributed by atoms with Gasteiger partial charge in [0.25, 0.3) is 0 Å². The lowest BCUT2D eigenvalue weighted by Crippen LogP contribution is -2.45. The molecule has 5 nitrogen and oxygen atoms in total. The summed E-state index contributed by atoms with van der Waals surface area (Å²) in [6.07, 6.45) is 0.936. The van der Waals surface area contributed by atoms with Crippen molar-refractivity contribution in [2.45, 2.75) is 38.6 Å². The Kier molecular flexibility index (Phi) is 3.57. The molecule has 1 aliphatic carbocycles. The van der Waals surface area contributed by atoms with Crippen LogP contribution in [0.25, 0.3) is 0 Å². The molecule has 3 rings (SSSR count). The first-order valence-corrected chi connectivity index (χ1v) is 8.03. The quantitative estimate of drug-likeness (QED) is 0.856. The third kappa shape index (κ3) is 2.60. The van der Waals surface area contributed by atoms with Gasteiger partial charge in [0.2, 0.25) is 17.7 Å². The van der Waals surface area contributed by atoms with E-state index in [1.165, 1.54) is 9.75 Å². The summed E-state index contributed by atoms with van der Waals surface area (Å²) in [6.45, 7) is 4.36. The van der Waals surface area contributed by atoms with Crippen molar-refractivity contribution in [3.8, 4) is 0 Å². The van der Waals surface area contributed by atoms with Crippen molar-refractivity contribution < 1.29 is 14.4 Å². The predicted octanol–water partition coefficient (Wildman–Crippen LogP) is 1.42. The molecule has 1 aromatic rings. The molecular formula is C15H18N2O3S. The van der Waals surface area contributed by atoms with Gasteiger partial charge in [0, 0.05) is 28.1 Å². The van der Waals surface area contributed by atoms with Crippen LogP contribution in [0.5, 0.6) is 0 Å². The van der Waals surface area contributed by atoms with Crippen molar-refractivity contribution in [2.75, 3.05) is 6.54 Å². The van der Waals surface area contributed by atoms with Crippen molar-refractivity contribution in [1.29, 1.82) is 0 Å². The van der Waals surface area contributed by atoms with Crippen molar-refractivity contribution in [3.63, 3.8) is 0 Å². The zero-order valence-corrected chi connectivity index (χ0v) is 12.9. The molecule has 2 heterocycles. The minimum atomic E-state index is -0.624. The lowest BCUT2D eigenvalue weighted by Gasteiger charge is -2.25. The Hall–Kier alpha value is -1.69. The van der Waals surface area contributed by atoms with Crippen LogP contribution in [0.15, 0.2) is 12.1 Å². The van der Waals surface area contributed by atoms with E-state index in [9.17, 15) is 14.4 Å². The highest BCUT2D eigenvalue weighted by molar-refractivity contribution is 7.12. The van der Waals surface area contributed by atoms with Gasteiger partial charge in [-0.25, -0.2) is 0 Å². The van der Waals surface area contributed by atoms with E-state index in [0.717, 1.165) is 6.42 Å². The van der Waals surface area contributed by atoms with Gasteiger partial charge in [-0.2, -0.15) is 0 Å². The zero-order valence-electron chi connectivity index (χ0n) is 12.1. The van der Waals surface area contributed by atoms with Gasteiger partial charge >= 0.3 is 0 Å². The second-order valence-electron chi connectivity index (χ2n) is 5.65. The molecule has 112 valence electrons. The largest absolute Gasteiger partial charge is 0.330 e. The summed E-state index contributed by atoms with van der Waals surface area (Å²) >= 11 is 1.73. The molecule has 2 fully saturated rings. The van der Waals surface area contributed by atoms with Crippen LogP contribution in [-0.4, -0.2) is 35.2 Å². The Labute approximate surface area is 127 Å². The number of amides is 3. The third-order valence-corrected chi connectivity index (χ3v) is 5.31. The van der Waals surface area contributed by atoms with Crippen molar-refractivity contribution in [3.05, 3.63) is 21.9 Å². The molecule has 1 aliphatic heterocycles. The molecule has 1 N–H and O–H groups in total. The van der Waals surface area contributed by atoms with Crippen LogP contribution in [0.1, 0.15) is 35.4 Å². The smallest absolute Gasteiger partial charge is 0.249 e. The monoisotopic (exact) mass is 306 g/mol. The molecule has 0 spiro atoms. The van der Waals surface area contributed by atoms with Crippen LogP contribution in [0.2, 0.25) is 0 Å². The highest BCUT2D eigenvalue weighted by atomic mass is 32.1. The third-order valence-electron chi connectivity index (χ3n) is 4.18.